The van der Waals surface area contributed by atoms with Gasteiger partial charge in [-0.05, 0) is 47.1 Å². The minimum Gasteiger partial charge on any atom is -0.439 e. The third kappa shape index (κ3) is 3.37. The molecule has 0 heterocycles. The van der Waals surface area contributed by atoms with Crippen LogP contribution in [0.3, 0.4) is 0 Å². The van der Waals surface area contributed by atoms with Gasteiger partial charge in [0.15, 0.2) is 6.10 Å². The number of fused-ring (bicyclic) bond motifs is 1. The molecule has 0 radical (unpaired) electrons. The van der Waals surface area contributed by atoms with Crippen LogP contribution >= 0.6 is 22.6 Å². The summed E-state index contributed by atoms with van der Waals surface area (Å²) in [7, 11) is 1.56. The molecule has 2 rings (SSSR count). The first-order chi connectivity index (χ1) is 9.13. The number of nitrogens with two attached hydrogens (primary N) is 1. The Hall–Kier alpha value is -0.860. The van der Waals surface area contributed by atoms with E-state index in [2.05, 4.69) is 22.6 Å². The number of primary amides is 1. The number of ether oxygens (including phenoxy) is 3. The molecule has 0 spiro atoms. The molecule has 0 bridgehead atoms. The lowest BCUT2D eigenvalue weighted by atomic mass is 9.87. The maximum atomic E-state index is 11.1. The standard InChI is InChI=1S/C13H16INO4/c1-17-7-18-10-6-5-8-3-2-4-9(14)11(8)12(10)19-13(15)16/h2-4,10,12H,5-7H2,1H3,(H2,15,16)/t10-,12-/m1/s1. The van der Waals surface area contributed by atoms with E-state index < -0.39 is 12.2 Å². The number of aryl methyl sites for hydroxylation is 1. The summed E-state index contributed by atoms with van der Waals surface area (Å²) in [5.74, 6) is 0. The minimum atomic E-state index is -0.788. The minimum absolute atomic E-state index is 0.169. The van der Waals surface area contributed by atoms with Crippen molar-refractivity contribution in [2.45, 2.75) is 25.0 Å². The normalized spacial score (nSPS) is 21.8. The second-order valence-corrected chi connectivity index (χ2v) is 5.48. The van der Waals surface area contributed by atoms with Gasteiger partial charge < -0.3 is 19.9 Å². The average molecular weight is 377 g/mol. The van der Waals surface area contributed by atoms with Crippen LogP contribution in [-0.4, -0.2) is 26.1 Å². The van der Waals surface area contributed by atoms with Gasteiger partial charge >= 0.3 is 6.09 Å². The number of methoxy groups -OCH3 is 1. The molecule has 2 N–H and O–H groups in total. The fourth-order valence-electron chi connectivity index (χ4n) is 2.34. The smallest absolute Gasteiger partial charge is 0.405 e. The summed E-state index contributed by atoms with van der Waals surface area (Å²) >= 11 is 2.23. The van der Waals surface area contributed by atoms with Crippen molar-refractivity contribution >= 4 is 28.7 Å². The number of hydrogen-bond donors (Lipinski definition) is 1. The Balaban J connectivity index is 2.31. The fraction of sp³-hybridized carbons (Fsp3) is 0.462. The molecule has 104 valence electrons. The number of hydrogen-bond acceptors (Lipinski definition) is 4. The van der Waals surface area contributed by atoms with Crippen molar-refractivity contribution < 1.29 is 19.0 Å². The summed E-state index contributed by atoms with van der Waals surface area (Å²) < 4.78 is 16.8. The maximum Gasteiger partial charge on any atom is 0.405 e. The van der Waals surface area contributed by atoms with Gasteiger partial charge in [-0.25, -0.2) is 4.79 Å². The highest BCUT2D eigenvalue weighted by molar-refractivity contribution is 14.1. The van der Waals surface area contributed by atoms with E-state index in [9.17, 15) is 4.79 Å². The third-order valence-corrected chi connectivity index (χ3v) is 4.05. The zero-order chi connectivity index (χ0) is 13.8. The van der Waals surface area contributed by atoms with Crippen LogP contribution < -0.4 is 5.73 Å². The van der Waals surface area contributed by atoms with Crippen LogP contribution in [0.25, 0.3) is 0 Å². The van der Waals surface area contributed by atoms with Crippen LogP contribution in [0.15, 0.2) is 18.2 Å². The van der Waals surface area contributed by atoms with Crippen molar-refractivity contribution in [2.75, 3.05) is 13.9 Å². The molecule has 5 nitrogen and oxygen atoms in total. The van der Waals surface area contributed by atoms with Crippen LogP contribution in [0.5, 0.6) is 0 Å². The Morgan fingerprint density at radius 3 is 3.00 bits per heavy atom. The molecule has 0 aromatic heterocycles. The number of benzene rings is 1. The summed E-state index contributed by atoms with van der Waals surface area (Å²) in [4.78, 5) is 11.1. The van der Waals surface area contributed by atoms with E-state index in [1.807, 2.05) is 18.2 Å². The Bertz CT molecular complexity index is 466. The lowest BCUT2D eigenvalue weighted by Crippen LogP contribution is -2.34. The van der Waals surface area contributed by atoms with Gasteiger partial charge in [-0.3, -0.25) is 0 Å². The highest BCUT2D eigenvalue weighted by Crippen LogP contribution is 2.37. The topological polar surface area (TPSA) is 70.8 Å². The Labute approximate surface area is 125 Å². The van der Waals surface area contributed by atoms with E-state index in [0.717, 1.165) is 22.0 Å². The quantitative estimate of drug-likeness (QED) is 0.646. The highest BCUT2D eigenvalue weighted by Gasteiger charge is 2.34. The Kier molecular flexibility index (Phi) is 5.00. The van der Waals surface area contributed by atoms with Crippen LogP contribution in [0.1, 0.15) is 23.7 Å². The van der Waals surface area contributed by atoms with Gasteiger partial charge in [-0.1, -0.05) is 12.1 Å². The maximum absolute atomic E-state index is 11.1. The molecule has 6 heteroatoms. The van der Waals surface area contributed by atoms with Crippen molar-refractivity contribution in [2.24, 2.45) is 5.73 Å². The molecule has 19 heavy (non-hydrogen) atoms. The molecule has 1 aromatic rings. The molecule has 0 aliphatic heterocycles. The number of halogens is 1. The van der Waals surface area contributed by atoms with Crippen molar-refractivity contribution in [3.63, 3.8) is 0 Å². The van der Waals surface area contributed by atoms with Crippen LogP contribution in [-0.2, 0) is 20.6 Å². The molecule has 0 saturated carbocycles. The molecule has 1 amide bonds. The van der Waals surface area contributed by atoms with Crippen molar-refractivity contribution in [3.8, 4) is 0 Å². The summed E-state index contributed by atoms with van der Waals surface area (Å²) in [6, 6.07) is 6.02. The van der Waals surface area contributed by atoms with E-state index in [0.29, 0.717) is 0 Å². The van der Waals surface area contributed by atoms with Gasteiger partial charge in [0.25, 0.3) is 0 Å². The molecule has 0 unspecified atom stereocenters. The first-order valence-electron chi connectivity index (χ1n) is 5.97. The zero-order valence-corrected chi connectivity index (χ0v) is 12.8. The summed E-state index contributed by atoms with van der Waals surface area (Å²) in [6.07, 6.45) is 0.178. The molecular weight excluding hydrogens is 361 g/mol. The zero-order valence-electron chi connectivity index (χ0n) is 10.6. The van der Waals surface area contributed by atoms with E-state index in [-0.39, 0.29) is 12.9 Å². The lowest BCUT2D eigenvalue weighted by molar-refractivity contribution is -0.119. The Morgan fingerprint density at radius 2 is 2.32 bits per heavy atom. The molecule has 2 atom stereocenters. The van der Waals surface area contributed by atoms with Gasteiger partial charge in [0.05, 0.1) is 0 Å². The molecule has 0 fully saturated rings. The summed E-state index contributed by atoms with van der Waals surface area (Å²) in [5.41, 5.74) is 7.34. The second kappa shape index (κ2) is 6.53. The first-order valence-corrected chi connectivity index (χ1v) is 7.05. The molecule has 1 aromatic carbocycles. The summed E-state index contributed by atoms with van der Waals surface area (Å²) in [5, 5.41) is 0. The number of amides is 1. The first kappa shape index (κ1) is 14.5. The van der Waals surface area contributed by atoms with Gasteiger partial charge in [0.2, 0.25) is 0 Å². The number of rotatable bonds is 4. The van der Waals surface area contributed by atoms with Gasteiger partial charge in [-0.15, -0.1) is 0 Å². The Morgan fingerprint density at radius 1 is 1.53 bits per heavy atom. The highest BCUT2D eigenvalue weighted by atomic mass is 127. The van der Waals surface area contributed by atoms with E-state index in [1.165, 1.54) is 5.56 Å². The summed E-state index contributed by atoms with van der Waals surface area (Å²) in [6.45, 7) is 0.169. The predicted octanol–water partition coefficient (Wildman–Crippen LogP) is 2.36. The van der Waals surface area contributed by atoms with Crippen LogP contribution in [0.2, 0.25) is 0 Å². The van der Waals surface area contributed by atoms with E-state index in [1.54, 1.807) is 7.11 Å². The van der Waals surface area contributed by atoms with Gasteiger partial charge in [0, 0.05) is 16.2 Å². The molecular formula is C13H16INO4. The SMILES string of the molecule is COCO[C@@H]1CCc2cccc(I)c2[C@@H]1OC(N)=O. The van der Waals surface area contributed by atoms with E-state index in [4.69, 9.17) is 19.9 Å². The van der Waals surface area contributed by atoms with Gasteiger partial charge in [0.1, 0.15) is 12.9 Å². The largest absolute Gasteiger partial charge is 0.439 e. The molecule has 1 aliphatic carbocycles. The lowest BCUT2D eigenvalue weighted by Gasteiger charge is -2.33. The van der Waals surface area contributed by atoms with E-state index >= 15 is 0 Å². The third-order valence-electron chi connectivity index (χ3n) is 3.11. The molecule has 0 saturated heterocycles. The second-order valence-electron chi connectivity index (χ2n) is 4.32. The monoisotopic (exact) mass is 377 g/mol. The van der Waals surface area contributed by atoms with Crippen molar-refractivity contribution in [1.29, 1.82) is 0 Å². The molecule has 1 aliphatic rings. The fourth-order valence-corrected chi connectivity index (χ4v) is 3.20. The number of carbonyl (C=O) groups is 1. The van der Waals surface area contributed by atoms with Crippen LogP contribution in [0.4, 0.5) is 4.79 Å². The van der Waals surface area contributed by atoms with Crippen molar-refractivity contribution in [1.82, 2.24) is 0 Å². The van der Waals surface area contributed by atoms with Gasteiger partial charge in [-0.2, -0.15) is 0 Å². The van der Waals surface area contributed by atoms with Crippen LogP contribution in [0, 0.1) is 3.57 Å². The number of carbonyl (C=O) groups excluding carboxylic acids is 1. The average Bonchev–Trinajstić information content (AvgIpc) is 2.37. The van der Waals surface area contributed by atoms with Crippen molar-refractivity contribution in [3.05, 3.63) is 32.9 Å². The predicted molar refractivity (Wildman–Crippen MR) is 77.6 cm³/mol.